The Morgan fingerprint density at radius 1 is 1.29 bits per heavy atom. The smallest absolute Gasteiger partial charge is 0.341 e. The molecule has 0 fully saturated rings. The van der Waals surface area contributed by atoms with Crippen LogP contribution in [0.3, 0.4) is 0 Å². The van der Waals surface area contributed by atoms with Gasteiger partial charge in [0.15, 0.2) is 5.11 Å². The van der Waals surface area contributed by atoms with Gasteiger partial charge in [-0.3, -0.25) is 0 Å². The zero-order valence-corrected chi connectivity index (χ0v) is 18.2. The zero-order chi connectivity index (χ0) is 19.9. The fourth-order valence-electron chi connectivity index (χ4n) is 3.60. The van der Waals surface area contributed by atoms with Gasteiger partial charge in [0.25, 0.3) is 0 Å². The van der Waals surface area contributed by atoms with E-state index in [9.17, 15) is 4.79 Å². The van der Waals surface area contributed by atoms with Crippen molar-refractivity contribution in [2.45, 2.75) is 45.4 Å². The lowest BCUT2D eigenvalue weighted by atomic mass is 9.88. The van der Waals surface area contributed by atoms with Crippen molar-refractivity contribution in [1.29, 1.82) is 0 Å². The molecule has 0 amide bonds. The van der Waals surface area contributed by atoms with E-state index in [0.29, 0.717) is 16.6 Å². The number of hydrogen-bond donors (Lipinski definition) is 2. The van der Waals surface area contributed by atoms with Gasteiger partial charge in [0.1, 0.15) is 5.00 Å². The van der Waals surface area contributed by atoms with Crippen LogP contribution >= 0.6 is 23.6 Å². The molecule has 1 heterocycles. The minimum absolute atomic E-state index is 0.278. The number of benzene rings is 1. The second-order valence-electron chi connectivity index (χ2n) is 7.37. The molecular formula is C22H28N2O2S2. The zero-order valence-electron chi connectivity index (χ0n) is 16.5. The number of nitrogens with one attached hydrogen (secondary N) is 2. The third-order valence-corrected chi connectivity index (χ3v) is 6.57. The maximum absolute atomic E-state index is 12.3. The predicted octanol–water partition coefficient (Wildman–Crippen LogP) is 4.97. The Morgan fingerprint density at radius 2 is 2.07 bits per heavy atom. The van der Waals surface area contributed by atoms with Crippen molar-refractivity contribution in [2.75, 3.05) is 19.0 Å². The highest BCUT2D eigenvalue weighted by Crippen LogP contribution is 2.39. The maximum Gasteiger partial charge on any atom is 0.341 e. The summed E-state index contributed by atoms with van der Waals surface area (Å²) >= 11 is 7.10. The van der Waals surface area contributed by atoms with Gasteiger partial charge < -0.3 is 15.4 Å². The number of ether oxygens (including phenoxy) is 1. The van der Waals surface area contributed by atoms with Crippen LogP contribution in [0.5, 0.6) is 0 Å². The van der Waals surface area contributed by atoms with Gasteiger partial charge in [-0.1, -0.05) is 37.3 Å². The summed E-state index contributed by atoms with van der Waals surface area (Å²) in [7, 11) is 1.44. The van der Waals surface area contributed by atoms with E-state index >= 15 is 0 Å². The first-order valence-corrected chi connectivity index (χ1v) is 11.1. The van der Waals surface area contributed by atoms with Gasteiger partial charge >= 0.3 is 5.97 Å². The maximum atomic E-state index is 12.3. The van der Waals surface area contributed by atoms with Crippen LogP contribution in [-0.4, -0.2) is 24.7 Å². The van der Waals surface area contributed by atoms with Gasteiger partial charge in [0.2, 0.25) is 0 Å². The molecule has 0 saturated carbocycles. The van der Waals surface area contributed by atoms with Crippen molar-refractivity contribution < 1.29 is 9.53 Å². The number of fused-ring (bicyclic) bond motifs is 1. The number of carbonyl (C=O) groups excluding carboxylic acids is 1. The average Bonchev–Trinajstić information content (AvgIpc) is 3.04. The Bertz CT molecular complexity index is 817. The Morgan fingerprint density at radius 3 is 2.82 bits per heavy atom. The quantitative estimate of drug-likeness (QED) is 0.379. The molecule has 0 saturated heterocycles. The molecule has 1 aromatic heterocycles. The molecule has 2 aromatic rings. The summed E-state index contributed by atoms with van der Waals surface area (Å²) in [4.78, 5) is 13.6. The summed E-state index contributed by atoms with van der Waals surface area (Å²) in [5, 5.41) is 7.89. The number of thiophene rings is 1. The van der Waals surface area contributed by atoms with E-state index in [4.69, 9.17) is 17.0 Å². The first kappa shape index (κ1) is 20.8. The van der Waals surface area contributed by atoms with Crippen LogP contribution in [0.25, 0.3) is 0 Å². The second-order valence-corrected chi connectivity index (χ2v) is 8.88. The standard InChI is InChI=1S/C22H28N2O2S2/c1-15-11-12-17-18(14-15)28-20(19(17)21(25)26-2)24-22(27)23-13-7-6-10-16-8-4-3-5-9-16/h3-5,8-9,15H,6-7,10-14H2,1-2H3,(H2,23,24,27). The molecule has 4 nitrogen and oxygen atoms in total. The normalized spacial score (nSPS) is 15.6. The highest BCUT2D eigenvalue weighted by molar-refractivity contribution is 7.80. The monoisotopic (exact) mass is 416 g/mol. The van der Waals surface area contributed by atoms with Crippen molar-refractivity contribution in [3.05, 3.63) is 51.9 Å². The predicted molar refractivity (Wildman–Crippen MR) is 120 cm³/mol. The van der Waals surface area contributed by atoms with Gasteiger partial charge in [-0.15, -0.1) is 11.3 Å². The number of esters is 1. The third kappa shape index (κ3) is 5.32. The topological polar surface area (TPSA) is 50.4 Å². The van der Waals surface area contributed by atoms with Crippen LogP contribution in [0.2, 0.25) is 0 Å². The molecule has 1 atom stereocenters. The van der Waals surface area contributed by atoms with Crippen molar-refractivity contribution in [1.82, 2.24) is 5.32 Å². The Hall–Kier alpha value is -1.92. The molecule has 150 valence electrons. The van der Waals surface area contributed by atoms with Crippen LogP contribution in [0.4, 0.5) is 5.00 Å². The first-order chi connectivity index (χ1) is 13.6. The van der Waals surface area contributed by atoms with Gasteiger partial charge in [-0.2, -0.15) is 0 Å². The van der Waals surface area contributed by atoms with Gasteiger partial charge in [0.05, 0.1) is 12.7 Å². The average molecular weight is 417 g/mol. The molecule has 0 bridgehead atoms. The summed E-state index contributed by atoms with van der Waals surface area (Å²) < 4.78 is 5.03. The molecule has 1 unspecified atom stereocenters. The van der Waals surface area contributed by atoms with E-state index < -0.39 is 0 Å². The SMILES string of the molecule is COC(=O)c1c(NC(=S)NCCCCc2ccccc2)sc2c1CCC(C)C2. The van der Waals surface area contributed by atoms with E-state index in [1.54, 1.807) is 11.3 Å². The van der Waals surface area contributed by atoms with Crippen molar-refractivity contribution >= 4 is 39.6 Å². The number of anilines is 1. The van der Waals surface area contributed by atoms with Crippen molar-refractivity contribution in [2.24, 2.45) is 5.92 Å². The number of thiocarbonyl (C=S) groups is 1. The molecule has 6 heteroatoms. The van der Waals surface area contributed by atoms with Crippen LogP contribution in [0.1, 0.15) is 52.5 Å². The van der Waals surface area contributed by atoms with E-state index in [0.717, 1.165) is 55.6 Å². The van der Waals surface area contributed by atoms with Crippen molar-refractivity contribution in [3.63, 3.8) is 0 Å². The number of rotatable bonds is 7. The van der Waals surface area contributed by atoms with Crippen LogP contribution in [0, 0.1) is 5.92 Å². The molecule has 1 aliphatic rings. The molecule has 0 radical (unpaired) electrons. The lowest BCUT2D eigenvalue weighted by Crippen LogP contribution is -2.29. The highest BCUT2D eigenvalue weighted by atomic mass is 32.1. The molecule has 0 spiro atoms. The van der Waals surface area contributed by atoms with Crippen molar-refractivity contribution in [3.8, 4) is 0 Å². The fourth-order valence-corrected chi connectivity index (χ4v) is 5.28. The summed E-state index contributed by atoms with van der Waals surface area (Å²) in [6.45, 7) is 3.07. The molecule has 2 N–H and O–H groups in total. The van der Waals surface area contributed by atoms with E-state index in [1.807, 2.05) is 6.07 Å². The largest absolute Gasteiger partial charge is 0.465 e. The molecule has 0 aliphatic heterocycles. The molecule has 1 aromatic carbocycles. The summed E-state index contributed by atoms with van der Waals surface area (Å²) in [6.07, 6.45) is 6.28. The Kier molecular flexibility index (Phi) is 7.45. The van der Waals surface area contributed by atoms with E-state index in [1.165, 1.54) is 17.6 Å². The number of methoxy groups -OCH3 is 1. The first-order valence-electron chi connectivity index (χ1n) is 9.90. The van der Waals surface area contributed by atoms with Crippen LogP contribution in [0.15, 0.2) is 30.3 Å². The highest BCUT2D eigenvalue weighted by Gasteiger charge is 2.28. The summed E-state index contributed by atoms with van der Waals surface area (Å²) in [6, 6.07) is 10.5. The van der Waals surface area contributed by atoms with Crippen LogP contribution < -0.4 is 10.6 Å². The number of carbonyl (C=O) groups is 1. The molecular weight excluding hydrogens is 388 g/mol. The lowest BCUT2D eigenvalue weighted by molar-refractivity contribution is 0.0601. The second kappa shape index (κ2) is 10.0. The third-order valence-electron chi connectivity index (χ3n) is 5.15. The number of aryl methyl sites for hydroxylation is 1. The van der Waals surface area contributed by atoms with Gasteiger partial charge in [0, 0.05) is 11.4 Å². The van der Waals surface area contributed by atoms with E-state index in [-0.39, 0.29) is 5.97 Å². The molecule has 3 rings (SSSR count). The van der Waals surface area contributed by atoms with Gasteiger partial charge in [-0.25, -0.2) is 4.79 Å². The fraction of sp³-hybridized carbons (Fsp3) is 0.455. The van der Waals surface area contributed by atoms with Gasteiger partial charge in [-0.05, 0) is 67.8 Å². The summed E-state index contributed by atoms with van der Waals surface area (Å²) in [5.41, 5.74) is 3.18. The number of hydrogen-bond acceptors (Lipinski definition) is 4. The number of unbranched alkanes of at least 4 members (excludes halogenated alkanes) is 1. The lowest BCUT2D eigenvalue weighted by Gasteiger charge is -2.18. The van der Waals surface area contributed by atoms with E-state index in [2.05, 4.69) is 41.8 Å². The molecule has 1 aliphatic carbocycles. The Balaban J connectivity index is 1.52. The minimum Gasteiger partial charge on any atom is -0.465 e. The Labute approximate surface area is 176 Å². The molecule has 28 heavy (non-hydrogen) atoms. The van der Waals surface area contributed by atoms with Crippen LogP contribution in [-0.2, 0) is 24.0 Å². The minimum atomic E-state index is -0.278. The summed E-state index contributed by atoms with van der Waals surface area (Å²) in [5.74, 6) is 0.374.